The van der Waals surface area contributed by atoms with Gasteiger partial charge in [0.15, 0.2) is 0 Å². The van der Waals surface area contributed by atoms with E-state index in [2.05, 4.69) is 23.0 Å². The van der Waals surface area contributed by atoms with Gasteiger partial charge in [-0.25, -0.2) is 4.98 Å². The summed E-state index contributed by atoms with van der Waals surface area (Å²) in [5, 5.41) is 10.7. The Morgan fingerprint density at radius 2 is 2.42 bits per heavy atom. The van der Waals surface area contributed by atoms with Gasteiger partial charge in [0.05, 0.1) is 18.2 Å². The van der Waals surface area contributed by atoms with Gasteiger partial charge in [-0.15, -0.1) is 0 Å². The molecule has 2 atom stereocenters. The molecule has 3 rings (SSSR count). The minimum atomic E-state index is -0.509. The number of fused-ring (bicyclic) bond motifs is 1. The average molecular weight is 257 g/mol. The topological polar surface area (TPSA) is 50.9 Å². The Labute approximate surface area is 113 Å². The van der Waals surface area contributed by atoms with Crippen molar-refractivity contribution in [1.29, 1.82) is 0 Å². The van der Waals surface area contributed by atoms with Crippen LogP contribution in [0.1, 0.15) is 48.7 Å². The highest BCUT2D eigenvalue weighted by Gasteiger charge is 2.32. The van der Waals surface area contributed by atoms with Gasteiger partial charge in [-0.2, -0.15) is 0 Å². The van der Waals surface area contributed by atoms with E-state index in [1.807, 2.05) is 16.8 Å². The molecule has 2 unspecified atom stereocenters. The first-order chi connectivity index (χ1) is 9.31. The van der Waals surface area contributed by atoms with Crippen LogP contribution in [0.4, 0.5) is 0 Å². The number of imidazole rings is 1. The number of aliphatic hydroxyl groups is 1. The second kappa shape index (κ2) is 5.13. The lowest BCUT2D eigenvalue weighted by atomic mass is 9.97. The van der Waals surface area contributed by atoms with Crippen molar-refractivity contribution in [2.45, 2.75) is 44.8 Å². The lowest BCUT2D eigenvalue weighted by Gasteiger charge is -2.19. The Hall–Kier alpha value is -1.68. The van der Waals surface area contributed by atoms with Gasteiger partial charge in [-0.05, 0) is 30.9 Å². The fraction of sp³-hybridized carbons (Fsp3) is 0.467. The first kappa shape index (κ1) is 12.4. The van der Waals surface area contributed by atoms with Crippen LogP contribution in [-0.4, -0.2) is 19.6 Å². The van der Waals surface area contributed by atoms with Crippen molar-refractivity contribution in [2.75, 3.05) is 0 Å². The van der Waals surface area contributed by atoms with Crippen LogP contribution in [0.25, 0.3) is 0 Å². The molecule has 1 N–H and O–H groups in total. The molecule has 0 fully saturated rings. The Bertz CT molecular complexity index is 564. The monoisotopic (exact) mass is 257 g/mol. The molecule has 0 aliphatic heterocycles. The summed E-state index contributed by atoms with van der Waals surface area (Å²) in [6.07, 6.45) is 7.89. The van der Waals surface area contributed by atoms with E-state index in [1.54, 1.807) is 12.5 Å². The summed E-state index contributed by atoms with van der Waals surface area (Å²) in [7, 11) is 0. The van der Waals surface area contributed by atoms with Crippen molar-refractivity contribution in [3.63, 3.8) is 0 Å². The van der Waals surface area contributed by atoms with Gasteiger partial charge in [-0.1, -0.05) is 13.0 Å². The van der Waals surface area contributed by atoms with Gasteiger partial charge in [0.25, 0.3) is 0 Å². The van der Waals surface area contributed by atoms with Gasteiger partial charge >= 0.3 is 0 Å². The number of hydrogen-bond acceptors (Lipinski definition) is 3. The summed E-state index contributed by atoms with van der Waals surface area (Å²) in [6, 6.07) is 4.08. The number of aryl methyl sites for hydroxylation is 2. The maximum Gasteiger partial charge on any atom is 0.104 e. The second-order valence-corrected chi connectivity index (χ2v) is 5.15. The van der Waals surface area contributed by atoms with Crippen LogP contribution in [0.3, 0.4) is 0 Å². The summed E-state index contributed by atoms with van der Waals surface area (Å²) in [5.74, 6) is 0.100. The third-order valence-electron chi connectivity index (χ3n) is 3.90. The third-order valence-corrected chi connectivity index (χ3v) is 3.90. The van der Waals surface area contributed by atoms with E-state index in [-0.39, 0.29) is 5.92 Å². The van der Waals surface area contributed by atoms with Crippen LogP contribution in [0.15, 0.2) is 30.9 Å². The van der Waals surface area contributed by atoms with Gasteiger partial charge in [0, 0.05) is 24.4 Å². The van der Waals surface area contributed by atoms with Crippen LogP contribution in [0.2, 0.25) is 0 Å². The molecular weight excluding hydrogens is 238 g/mol. The summed E-state index contributed by atoms with van der Waals surface area (Å²) < 4.78 is 2.05. The third kappa shape index (κ3) is 2.16. The van der Waals surface area contributed by atoms with E-state index in [0.29, 0.717) is 0 Å². The maximum atomic E-state index is 10.7. The summed E-state index contributed by atoms with van der Waals surface area (Å²) in [5.41, 5.74) is 3.23. The molecule has 2 aromatic rings. The molecule has 0 saturated carbocycles. The zero-order valence-electron chi connectivity index (χ0n) is 11.2. The predicted molar refractivity (Wildman–Crippen MR) is 72.8 cm³/mol. The molecule has 2 heterocycles. The number of rotatable bonds is 4. The Morgan fingerprint density at radius 3 is 3.26 bits per heavy atom. The van der Waals surface area contributed by atoms with Crippen molar-refractivity contribution in [3.05, 3.63) is 47.8 Å². The van der Waals surface area contributed by atoms with Crippen LogP contribution in [-0.2, 0) is 13.0 Å². The molecule has 19 heavy (non-hydrogen) atoms. The van der Waals surface area contributed by atoms with Gasteiger partial charge in [-0.3, -0.25) is 4.98 Å². The van der Waals surface area contributed by atoms with E-state index in [1.165, 1.54) is 5.56 Å². The zero-order chi connectivity index (χ0) is 13.2. The van der Waals surface area contributed by atoms with Crippen molar-refractivity contribution < 1.29 is 5.11 Å². The summed E-state index contributed by atoms with van der Waals surface area (Å²) >= 11 is 0. The predicted octanol–water partition coefficient (Wildman–Crippen LogP) is 2.45. The minimum absolute atomic E-state index is 0.100. The number of aromatic nitrogens is 3. The molecule has 1 aliphatic rings. The first-order valence-electron chi connectivity index (χ1n) is 6.93. The van der Waals surface area contributed by atoms with Crippen LogP contribution < -0.4 is 0 Å². The maximum absolute atomic E-state index is 10.7. The second-order valence-electron chi connectivity index (χ2n) is 5.15. The smallest absolute Gasteiger partial charge is 0.104 e. The fourth-order valence-electron chi connectivity index (χ4n) is 2.96. The molecule has 0 saturated heterocycles. The van der Waals surface area contributed by atoms with Crippen LogP contribution >= 0.6 is 0 Å². The molecule has 4 nitrogen and oxygen atoms in total. The minimum Gasteiger partial charge on any atom is -0.386 e. The average Bonchev–Trinajstić information content (AvgIpc) is 3.04. The van der Waals surface area contributed by atoms with Crippen molar-refractivity contribution in [1.82, 2.24) is 14.5 Å². The highest BCUT2D eigenvalue weighted by atomic mass is 16.3. The zero-order valence-corrected chi connectivity index (χ0v) is 11.2. The molecular formula is C15H19N3O. The molecule has 4 heteroatoms. The highest BCUT2D eigenvalue weighted by molar-refractivity contribution is 5.31. The first-order valence-corrected chi connectivity index (χ1v) is 6.93. The van der Waals surface area contributed by atoms with E-state index in [9.17, 15) is 5.11 Å². The largest absolute Gasteiger partial charge is 0.386 e. The molecule has 0 bridgehead atoms. The number of nitrogens with zero attached hydrogens (tertiary/aromatic N) is 3. The molecule has 0 radical (unpaired) electrons. The van der Waals surface area contributed by atoms with E-state index in [0.717, 1.165) is 37.2 Å². The van der Waals surface area contributed by atoms with Crippen molar-refractivity contribution >= 4 is 0 Å². The van der Waals surface area contributed by atoms with E-state index >= 15 is 0 Å². The summed E-state index contributed by atoms with van der Waals surface area (Å²) in [6.45, 7) is 3.02. The number of hydrogen-bond donors (Lipinski definition) is 1. The molecule has 2 aromatic heterocycles. The van der Waals surface area contributed by atoms with Crippen molar-refractivity contribution in [2.24, 2.45) is 0 Å². The normalized spacial score (nSPS) is 19.4. The van der Waals surface area contributed by atoms with Gasteiger partial charge in [0.2, 0.25) is 0 Å². The molecule has 1 aliphatic carbocycles. The van der Waals surface area contributed by atoms with Crippen LogP contribution in [0, 0.1) is 0 Å². The fourth-order valence-corrected chi connectivity index (χ4v) is 2.96. The SMILES string of the molecule is CCCn1cncc1C(O)C1CCc2cccnc21. The number of pyridine rings is 1. The van der Waals surface area contributed by atoms with Crippen molar-refractivity contribution in [3.8, 4) is 0 Å². The molecule has 0 aromatic carbocycles. The standard InChI is InChI=1S/C15H19N3O/c1-2-8-18-10-16-9-13(18)15(19)12-6-5-11-4-3-7-17-14(11)12/h3-4,7,9-10,12,15,19H,2,5-6,8H2,1H3. The lowest BCUT2D eigenvalue weighted by Crippen LogP contribution is -2.14. The molecule has 100 valence electrons. The van der Waals surface area contributed by atoms with Gasteiger partial charge in [0.1, 0.15) is 6.10 Å². The number of aliphatic hydroxyl groups excluding tert-OH is 1. The Kier molecular flexibility index (Phi) is 3.34. The van der Waals surface area contributed by atoms with E-state index < -0.39 is 6.10 Å². The Morgan fingerprint density at radius 1 is 1.53 bits per heavy atom. The Balaban J connectivity index is 1.89. The van der Waals surface area contributed by atoms with Gasteiger partial charge < -0.3 is 9.67 Å². The van der Waals surface area contributed by atoms with E-state index in [4.69, 9.17) is 0 Å². The van der Waals surface area contributed by atoms with Crippen LogP contribution in [0.5, 0.6) is 0 Å². The highest BCUT2D eigenvalue weighted by Crippen LogP contribution is 2.40. The summed E-state index contributed by atoms with van der Waals surface area (Å²) in [4.78, 5) is 8.63. The molecule has 0 amide bonds. The lowest BCUT2D eigenvalue weighted by molar-refractivity contribution is 0.134. The molecule has 0 spiro atoms. The quantitative estimate of drug-likeness (QED) is 0.915.